The van der Waals surface area contributed by atoms with Gasteiger partial charge in [0.1, 0.15) is 0 Å². The van der Waals surface area contributed by atoms with Crippen molar-refractivity contribution in [1.82, 2.24) is 10.3 Å². The van der Waals surface area contributed by atoms with Crippen LogP contribution < -0.4 is 5.32 Å². The number of nitrogens with zero attached hydrogens (tertiary/aromatic N) is 1. The van der Waals surface area contributed by atoms with Gasteiger partial charge in [0.2, 0.25) is 0 Å². The van der Waals surface area contributed by atoms with Crippen LogP contribution in [0.1, 0.15) is 70.0 Å². The summed E-state index contributed by atoms with van der Waals surface area (Å²) in [6, 6.07) is 0.528. The first-order valence-electron chi connectivity index (χ1n) is 6.96. The van der Waals surface area contributed by atoms with Gasteiger partial charge in [-0.3, -0.25) is 0 Å². The van der Waals surface area contributed by atoms with Crippen LogP contribution >= 0.6 is 11.3 Å². The fraction of sp³-hybridized carbons (Fsp3) is 0.800. The van der Waals surface area contributed by atoms with Gasteiger partial charge in [-0.25, -0.2) is 4.98 Å². The Hall–Kier alpha value is -0.410. The van der Waals surface area contributed by atoms with Crippen LogP contribution in [0.5, 0.6) is 0 Å². The molecule has 2 nitrogen and oxygen atoms in total. The Labute approximate surface area is 115 Å². The van der Waals surface area contributed by atoms with Crippen molar-refractivity contribution in [3.05, 3.63) is 15.6 Å². The molecule has 18 heavy (non-hydrogen) atoms. The lowest BCUT2D eigenvalue weighted by atomic mass is 9.91. The van der Waals surface area contributed by atoms with Crippen molar-refractivity contribution >= 4 is 11.3 Å². The summed E-state index contributed by atoms with van der Waals surface area (Å²) in [7, 11) is 0. The lowest BCUT2D eigenvalue weighted by Gasteiger charge is -2.18. The van der Waals surface area contributed by atoms with E-state index in [4.69, 9.17) is 4.98 Å². The molecule has 0 radical (unpaired) electrons. The van der Waals surface area contributed by atoms with Crippen LogP contribution in [0, 0.1) is 0 Å². The third-order valence-corrected chi connectivity index (χ3v) is 4.96. The minimum Gasteiger partial charge on any atom is -0.310 e. The van der Waals surface area contributed by atoms with Crippen LogP contribution in [0.2, 0.25) is 0 Å². The second-order valence-electron chi connectivity index (χ2n) is 7.14. The van der Waals surface area contributed by atoms with Gasteiger partial charge in [0, 0.05) is 28.3 Å². The van der Waals surface area contributed by atoms with E-state index in [0.717, 1.165) is 6.54 Å². The Morgan fingerprint density at radius 3 is 2.39 bits per heavy atom. The molecule has 1 aromatic rings. The molecule has 1 aliphatic rings. The molecule has 0 bridgehead atoms. The molecule has 1 aromatic heterocycles. The molecule has 2 rings (SSSR count). The monoisotopic (exact) mass is 266 g/mol. The van der Waals surface area contributed by atoms with Gasteiger partial charge in [0.05, 0.1) is 10.7 Å². The highest BCUT2D eigenvalue weighted by molar-refractivity contribution is 7.12. The second kappa shape index (κ2) is 4.61. The first-order valence-corrected chi connectivity index (χ1v) is 7.78. The summed E-state index contributed by atoms with van der Waals surface area (Å²) in [5.74, 6) is 0. The van der Waals surface area contributed by atoms with Crippen LogP contribution in [-0.4, -0.2) is 11.0 Å². The third kappa shape index (κ3) is 2.94. The van der Waals surface area contributed by atoms with Gasteiger partial charge in [-0.1, -0.05) is 41.5 Å². The Morgan fingerprint density at radius 1 is 1.33 bits per heavy atom. The Balaban J connectivity index is 2.27. The summed E-state index contributed by atoms with van der Waals surface area (Å²) >= 11 is 1.92. The Bertz CT molecular complexity index is 422. The standard InChI is InChI=1S/C15H26N2S/c1-10(2)16-9-11-12(14(3,4)5)17-13(18-11)15(6)7-8-15/h10,16H,7-9H2,1-6H3. The van der Waals surface area contributed by atoms with Crippen molar-refractivity contribution in [3.8, 4) is 0 Å². The fourth-order valence-electron chi connectivity index (χ4n) is 2.01. The maximum absolute atomic E-state index is 4.97. The van der Waals surface area contributed by atoms with Gasteiger partial charge >= 0.3 is 0 Å². The van der Waals surface area contributed by atoms with E-state index in [9.17, 15) is 0 Å². The summed E-state index contributed by atoms with van der Waals surface area (Å²) in [5, 5.41) is 4.88. The average Bonchev–Trinajstić information content (AvgIpc) is 2.82. The van der Waals surface area contributed by atoms with E-state index < -0.39 is 0 Å². The highest BCUT2D eigenvalue weighted by Crippen LogP contribution is 2.50. The van der Waals surface area contributed by atoms with Crippen molar-refractivity contribution < 1.29 is 0 Å². The summed E-state index contributed by atoms with van der Waals surface area (Å²) in [5.41, 5.74) is 1.83. The average molecular weight is 266 g/mol. The summed E-state index contributed by atoms with van der Waals surface area (Å²) in [6.07, 6.45) is 2.61. The number of hydrogen-bond donors (Lipinski definition) is 1. The zero-order valence-electron chi connectivity index (χ0n) is 12.6. The predicted molar refractivity (Wildman–Crippen MR) is 79.4 cm³/mol. The lowest BCUT2D eigenvalue weighted by molar-refractivity contribution is 0.543. The van der Waals surface area contributed by atoms with E-state index in [1.54, 1.807) is 0 Å². The highest BCUT2D eigenvalue weighted by Gasteiger charge is 2.43. The van der Waals surface area contributed by atoms with E-state index in [1.807, 2.05) is 11.3 Å². The smallest absolute Gasteiger partial charge is 0.0990 e. The molecule has 0 atom stereocenters. The largest absolute Gasteiger partial charge is 0.310 e. The maximum atomic E-state index is 4.97. The number of rotatable bonds is 4. The zero-order valence-corrected chi connectivity index (χ0v) is 13.4. The van der Waals surface area contributed by atoms with E-state index in [-0.39, 0.29) is 5.41 Å². The fourth-order valence-corrected chi connectivity index (χ4v) is 3.44. The molecule has 0 aromatic carbocycles. The number of hydrogen-bond acceptors (Lipinski definition) is 3. The molecule has 0 aliphatic heterocycles. The molecular weight excluding hydrogens is 240 g/mol. The Kier molecular flexibility index (Phi) is 3.58. The van der Waals surface area contributed by atoms with Crippen LogP contribution in [0.4, 0.5) is 0 Å². The molecule has 1 fully saturated rings. The van der Waals surface area contributed by atoms with Crippen molar-refractivity contribution in [3.63, 3.8) is 0 Å². The lowest BCUT2D eigenvalue weighted by Crippen LogP contribution is -2.23. The Morgan fingerprint density at radius 2 is 1.94 bits per heavy atom. The molecule has 3 heteroatoms. The molecular formula is C15H26N2S. The summed E-state index contributed by atoms with van der Waals surface area (Å²) < 4.78 is 0. The molecule has 1 saturated carbocycles. The van der Waals surface area contributed by atoms with E-state index in [0.29, 0.717) is 11.5 Å². The molecule has 0 spiro atoms. The van der Waals surface area contributed by atoms with E-state index in [2.05, 4.69) is 46.9 Å². The van der Waals surface area contributed by atoms with Crippen molar-refractivity contribution in [2.75, 3.05) is 0 Å². The first kappa shape index (κ1) is 14.0. The first-order chi connectivity index (χ1) is 8.22. The van der Waals surface area contributed by atoms with Crippen molar-refractivity contribution in [2.45, 2.75) is 77.8 Å². The topological polar surface area (TPSA) is 24.9 Å². The quantitative estimate of drug-likeness (QED) is 0.891. The maximum Gasteiger partial charge on any atom is 0.0990 e. The number of thiazole rings is 1. The van der Waals surface area contributed by atoms with Crippen LogP contribution in [0.15, 0.2) is 0 Å². The van der Waals surface area contributed by atoms with Gasteiger partial charge in [0.25, 0.3) is 0 Å². The predicted octanol–water partition coefficient (Wildman–Crippen LogP) is 3.99. The molecule has 0 amide bonds. The van der Waals surface area contributed by atoms with Crippen LogP contribution in [-0.2, 0) is 17.4 Å². The van der Waals surface area contributed by atoms with Gasteiger partial charge < -0.3 is 5.32 Å². The summed E-state index contributed by atoms with van der Waals surface area (Å²) in [4.78, 5) is 6.40. The SMILES string of the molecule is CC(C)NCc1sc(C2(C)CC2)nc1C(C)(C)C. The normalized spacial score (nSPS) is 18.4. The number of aromatic nitrogens is 1. The summed E-state index contributed by atoms with van der Waals surface area (Å²) in [6.45, 7) is 14.5. The highest BCUT2D eigenvalue weighted by atomic mass is 32.1. The molecule has 0 saturated heterocycles. The number of nitrogens with one attached hydrogen (secondary N) is 1. The second-order valence-corrected chi connectivity index (χ2v) is 8.22. The van der Waals surface area contributed by atoms with E-state index >= 15 is 0 Å². The van der Waals surface area contributed by atoms with Gasteiger partial charge in [-0.15, -0.1) is 11.3 Å². The minimum absolute atomic E-state index is 0.147. The minimum atomic E-state index is 0.147. The molecule has 1 heterocycles. The third-order valence-electron chi connectivity index (χ3n) is 3.59. The molecule has 1 aliphatic carbocycles. The zero-order chi connectivity index (χ0) is 13.6. The molecule has 0 unspecified atom stereocenters. The van der Waals surface area contributed by atoms with Crippen LogP contribution in [0.3, 0.4) is 0 Å². The van der Waals surface area contributed by atoms with Gasteiger partial charge in [-0.2, -0.15) is 0 Å². The van der Waals surface area contributed by atoms with Gasteiger partial charge in [-0.05, 0) is 12.8 Å². The molecule has 102 valence electrons. The van der Waals surface area contributed by atoms with Crippen molar-refractivity contribution in [2.24, 2.45) is 0 Å². The van der Waals surface area contributed by atoms with Gasteiger partial charge in [0.15, 0.2) is 0 Å². The molecule has 1 N–H and O–H groups in total. The van der Waals surface area contributed by atoms with E-state index in [1.165, 1.54) is 28.4 Å². The van der Waals surface area contributed by atoms with Crippen molar-refractivity contribution in [1.29, 1.82) is 0 Å². The van der Waals surface area contributed by atoms with Crippen LogP contribution in [0.25, 0.3) is 0 Å².